The number of hydrogen-bond acceptors (Lipinski definition) is 3. The summed E-state index contributed by atoms with van der Waals surface area (Å²) in [5.41, 5.74) is 16.4. The predicted molar refractivity (Wildman–Crippen MR) is 72.0 cm³/mol. The van der Waals surface area contributed by atoms with Crippen molar-refractivity contribution >= 4 is 11.4 Å². The predicted octanol–water partition coefficient (Wildman–Crippen LogP) is 2.84. The highest BCUT2D eigenvalue weighted by molar-refractivity contribution is 5.81. The molecule has 0 aliphatic rings. The van der Waals surface area contributed by atoms with E-state index < -0.39 is 0 Å². The molecule has 17 heavy (non-hydrogen) atoms. The highest BCUT2D eigenvalue weighted by atomic mass is 16.5. The first kappa shape index (κ1) is 11.3. The Morgan fingerprint density at radius 2 is 1.71 bits per heavy atom. The summed E-state index contributed by atoms with van der Waals surface area (Å²) in [6, 6.07) is 11.4. The van der Waals surface area contributed by atoms with E-state index in [0.717, 1.165) is 28.1 Å². The quantitative estimate of drug-likeness (QED) is 0.777. The normalized spacial score (nSPS) is 10.2. The van der Waals surface area contributed by atoms with Crippen molar-refractivity contribution in [3.63, 3.8) is 0 Å². The van der Waals surface area contributed by atoms with E-state index in [1.165, 1.54) is 0 Å². The highest BCUT2D eigenvalue weighted by Gasteiger charge is 2.07. The molecule has 0 saturated heterocycles. The molecule has 3 heteroatoms. The van der Waals surface area contributed by atoms with Gasteiger partial charge in [0.15, 0.2) is 0 Å². The minimum atomic E-state index is 0.712. The Labute approximate surface area is 101 Å². The van der Waals surface area contributed by atoms with Gasteiger partial charge in [0.05, 0.1) is 7.11 Å². The van der Waals surface area contributed by atoms with Gasteiger partial charge in [0.25, 0.3) is 0 Å². The first-order chi connectivity index (χ1) is 8.11. The molecule has 0 aliphatic carbocycles. The lowest BCUT2D eigenvalue weighted by Gasteiger charge is -2.11. The molecule has 0 radical (unpaired) electrons. The van der Waals surface area contributed by atoms with Crippen LogP contribution < -0.4 is 16.2 Å². The molecule has 0 bridgehead atoms. The Morgan fingerprint density at radius 3 is 2.35 bits per heavy atom. The third-order valence-corrected chi connectivity index (χ3v) is 2.80. The average Bonchev–Trinajstić information content (AvgIpc) is 2.32. The SMILES string of the molecule is COc1ccc(-c2cc(N)ccc2N)c(C)c1. The molecule has 0 atom stereocenters. The van der Waals surface area contributed by atoms with E-state index in [4.69, 9.17) is 16.2 Å². The van der Waals surface area contributed by atoms with Gasteiger partial charge in [0.2, 0.25) is 0 Å². The summed E-state index contributed by atoms with van der Waals surface area (Å²) in [6.45, 7) is 2.03. The van der Waals surface area contributed by atoms with Gasteiger partial charge in [-0.1, -0.05) is 6.07 Å². The minimum Gasteiger partial charge on any atom is -0.497 e. The van der Waals surface area contributed by atoms with E-state index in [-0.39, 0.29) is 0 Å². The van der Waals surface area contributed by atoms with Crippen LogP contribution in [0.3, 0.4) is 0 Å². The number of ether oxygens (including phenoxy) is 1. The smallest absolute Gasteiger partial charge is 0.119 e. The summed E-state index contributed by atoms with van der Waals surface area (Å²) < 4.78 is 5.18. The van der Waals surface area contributed by atoms with E-state index in [1.807, 2.05) is 37.3 Å². The topological polar surface area (TPSA) is 61.3 Å². The second-order valence-corrected chi connectivity index (χ2v) is 4.03. The van der Waals surface area contributed by atoms with Crippen LogP contribution in [0.2, 0.25) is 0 Å². The average molecular weight is 228 g/mol. The largest absolute Gasteiger partial charge is 0.497 e. The van der Waals surface area contributed by atoms with Crippen LogP contribution in [0.1, 0.15) is 5.56 Å². The van der Waals surface area contributed by atoms with Crippen LogP contribution in [0.5, 0.6) is 5.75 Å². The summed E-state index contributed by atoms with van der Waals surface area (Å²) in [5, 5.41) is 0. The van der Waals surface area contributed by atoms with Crippen molar-refractivity contribution < 1.29 is 4.74 Å². The first-order valence-electron chi connectivity index (χ1n) is 5.42. The molecule has 0 unspecified atom stereocenters. The van der Waals surface area contributed by atoms with Crippen LogP contribution in [-0.4, -0.2) is 7.11 Å². The number of anilines is 2. The maximum absolute atomic E-state index is 5.97. The van der Waals surface area contributed by atoms with E-state index in [0.29, 0.717) is 5.69 Å². The molecule has 3 nitrogen and oxygen atoms in total. The Hall–Kier alpha value is -2.16. The van der Waals surface area contributed by atoms with Crippen molar-refractivity contribution in [2.24, 2.45) is 0 Å². The van der Waals surface area contributed by atoms with Crippen molar-refractivity contribution in [1.82, 2.24) is 0 Å². The zero-order chi connectivity index (χ0) is 12.4. The van der Waals surface area contributed by atoms with Crippen LogP contribution >= 0.6 is 0 Å². The maximum Gasteiger partial charge on any atom is 0.119 e. The Kier molecular flexibility index (Phi) is 2.91. The molecule has 0 amide bonds. The molecule has 2 aromatic carbocycles. The van der Waals surface area contributed by atoms with E-state index >= 15 is 0 Å². The lowest BCUT2D eigenvalue weighted by molar-refractivity contribution is 0.414. The lowest BCUT2D eigenvalue weighted by Crippen LogP contribution is -1.95. The number of nitrogen functional groups attached to an aromatic ring is 2. The van der Waals surface area contributed by atoms with Crippen LogP contribution in [0.4, 0.5) is 11.4 Å². The summed E-state index contributed by atoms with van der Waals surface area (Å²) >= 11 is 0. The number of hydrogen-bond donors (Lipinski definition) is 2. The van der Waals surface area contributed by atoms with Gasteiger partial charge in [-0.2, -0.15) is 0 Å². The van der Waals surface area contributed by atoms with Crippen LogP contribution in [0, 0.1) is 6.92 Å². The molecule has 0 saturated carbocycles. The lowest BCUT2D eigenvalue weighted by atomic mass is 9.98. The summed E-state index contributed by atoms with van der Waals surface area (Å²) in [7, 11) is 1.66. The fourth-order valence-corrected chi connectivity index (χ4v) is 1.87. The van der Waals surface area contributed by atoms with Crippen molar-refractivity contribution in [2.75, 3.05) is 18.6 Å². The highest BCUT2D eigenvalue weighted by Crippen LogP contribution is 2.32. The van der Waals surface area contributed by atoms with Gasteiger partial charge in [-0.3, -0.25) is 0 Å². The number of rotatable bonds is 2. The Balaban J connectivity index is 2.56. The van der Waals surface area contributed by atoms with Crippen molar-refractivity contribution in [1.29, 1.82) is 0 Å². The number of nitrogens with two attached hydrogens (primary N) is 2. The van der Waals surface area contributed by atoms with Gasteiger partial charge in [0, 0.05) is 16.9 Å². The molecule has 2 aromatic rings. The number of benzene rings is 2. The fraction of sp³-hybridized carbons (Fsp3) is 0.143. The van der Waals surface area contributed by atoms with Crippen molar-refractivity contribution in [2.45, 2.75) is 6.92 Å². The second kappa shape index (κ2) is 4.37. The van der Waals surface area contributed by atoms with E-state index in [1.54, 1.807) is 13.2 Å². The summed E-state index contributed by atoms with van der Waals surface area (Å²) in [5.74, 6) is 0.841. The molecular weight excluding hydrogens is 212 g/mol. The molecule has 88 valence electrons. The van der Waals surface area contributed by atoms with E-state index in [2.05, 4.69) is 0 Å². The second-order valence-electron chi connectivity index (χ2n) is 4.03. The molecule has 0 aromatic heterocycles. The van der Waals surface area contributed by atoms with Crippen LogP contribution in [-0.2, 0) is 0 Å². The van der Waals surface area contributed by atoms with Gasteiger partial charge in [-0.15, -0.1) is 0 Å². The Bertz CT molecular complexity index is 550. The number of aryl methyl sites for hydroxylation is 1. The molecular formula is C14H16N2O. The van der Waals surface area contributed by atoms with Gasteiger partial charge in [-0.05, 0) is 48.4 Å². The monoisotopic (exact) mass is 228 g/mol. The first-order valence-corrected chi connectivity index (χ1v) is 5.42. The zero-order valence-corrected chi connectivity index (χ0v) is 10.0. The Morgan fingerprint density at radius 1 is 0.941 bits per heavy atom. The zero-order valence-electron chi connectivity index (χ0n) is 10.0. The van der Waals surface area contributed by atoms with Gasteiger partial charge < -0.3 is 16.2 Å². The van der Waals surface area contributed by atoms with Crippen LogP contribution in [0.25, 0.3) is 11.1 Å². The molecule has 4 N–H and O–H groups in total. The summed E-state index contributed by atoms with van der Waals surface area (Å²) in [6.07, 6.45) is 0. The molecule has 0 aliphatic heterocycles. The number of methoxy groups -OCH3 is 1. The van der Waals surface area contributed by atoms with Gasteiger partial charge in [0.1, 0.15) is 5.75 Å². The molecule has 2 rings (SSSR count). The molecule has 0 spiro atoms. The minimum absolute atomic E-state index is 0.712. The third kappa shape index (κ3) is 2.18. The fourth-order valence-electron chi connectivity index (χ4n) is 1.87. The van der Waals surface area contributed by atoms with Gasteiger partial charge >= 0.3 is 0 Å². The van der Waals surface area contributed by atoms with Crippen LogP contribution in [0.15, 0.2) is 36.4 Å². The van der Waals surface area contributed by atoms with Crippen molar-refractivity contribution in [3.8, 4) is 16.9 Å². The van der Waals surface area contributed by atoms with Crippen molar-refractivity contribution in [3.05, 3.63) is 42.0 Å². The maximum atomic E-state index is 5.97. The summed E-state index contributed by atoms with van der Waals surface area (Å²) in [4.78, 5) is 0. The van der Waals surface area contributed by atoms with Gasteiger partial charge in [-0.25, -0.2) is 0 Å². The standard InChI is InChI=1S/C14H16N2O/c1-9-7-11(17-2)4-5-12(9)13-8-10(15)3-6-14(13)16/h3-8H,15-16H2,1-2H3. The molecule has 0 fully saturated rings. The third-order valence-electron chi connectivity index (χ3n) is 2.80. The van der Waals surface area contributed by atoms with E-state index in [9.17, 15) is 0 Å². The molecule has 0 heterocycles.